The minimum atomic E-state index is 0.252. The summed E-state index contributed by atoms with van der Waals surface area (Å²) in [5, 5.41) is 5.25. The third kappa shape index (κ3) is 2.81. The van der Waals surface area contributed by atoms with E-state index >= 15 is 0 Å². The molecule has 4 aromatic rings. The van der Waals surface area contributed by atoms with Gasteiger partial charge >= 0.3 is 0 Å². The molecule has 0 aliphatic carbocycles. The second-order valence-corrected chi connectivity index (χ2v) is 6.67. The average Bonchev–Trinajstić information content (AvgIpc) is 3.38. The molecule has 1 aliphatic rings. The highest BCUT2D eigenvalue weighted by Crippen LogP contribution is 2.37. The van der Waals surface area contributed by atoms with E-state index < -0.39 is 0 Å². The highest BCUT2D eigenvalue weighted by atomic mass is 16.7. The number of ether oxygens (including phenoxy) is 3. The second kappa shape index (κ2) is 6.53. The van der Waals surface area contributed by atoms with Crippen molar-refractivity contribution in [3.63, 3.8) is 0 Å². The summed E-state index contributed by atoms with van der Waals surface area (Å²) < 4.78 is 18.3. The minimum Gasteiger partial charge on any atom is -0.496 e. The van der Waals surface area contributed by atoms with E-state index in [9.17, 15) is 0 Å². The van der Waals surface area contributed by atoms with Gasteiger partial charge in [0.15, 0.2) is 11.5 Å². The number of nitrogens with zero attached hydrogens (tertiary/aromatic N) is 4. The van der Waals surface area contributed by atoms with Crippen LogP contribution in [0.15, 0.2) is 49.1 Å². The fourth-order valence-electron chi connectivity index (χ4n) is 3.48. The lowest BCUT2D eigenvalue weighted by molar-refractivity contribution is 0.174. The summed E-state index contributed by atoms with van der Waals surface area (Å²) in [6, 6.07) is 12.1. The lowest BCUT2D eigenvalue weighted by Crippen LogP contribution is -2.03. The van der Waals surface area contributed by atoms with Crippen LogP contribution >= 0.6 is 0 Å². The van der Waals surface area contributed by atoms with Crippen molar-refractivity contribution in [2.75, 3.05) is 13.9 Å². The number of hydrogen-bond acceptors (Lipinski definition) is 6. The third-order valence-electron chi connectivity index (χ3n) is 4.88. The van der Waals surface area contributed by atoms with Crippen LogP contribution < -0.4 is 14.2 Å². The Morgan fingerprint density at radius 2 is 1.96 bits per heavy atom. The van der Waals surface area contributed by atoms with E-state index in [4.69, 9.17) is 19.2 Å². The fourth-order valence-corrected chi connectivity index (χ4v) is 3.48. The maximum Gasteiger partial charge on any atom is 0.231 e. The van der Waals surface area contributed by atoms with Gasteiger partial charge in [0.2, 0.25) is 6.79 Å². The van der Waals surface area contributed by atoms with Gasteiger partial charge in [0, 0.05) is 22.6 Å². The van der Waals surface area contributed by atoms with Crippen LogP contribution in [0.1, 0.15) is 11.1 Å². The first-order valence-electron chi connectivity index (χ1n) is 8.92. The van der Waals surface area contributed by atoms with E-state index in [1.54, 1.807) is 18.1 Å². The van der Waals surface area contributed by atoms with Gasteiger partial charge in [0.25, 0.3) is 0 Å². The molecule has 7 nitrogen and oxygen atoms in total. The first-order valence-corrected chi connectivity index (χ1v) is 8.92. The van der Waals surface area contributed by atoms with Crippen molar-refractivity contribution < 1.29 is 14.2 Å². The minimum absolute atomic E-state index is 0.252. The van der Waals surface area contributed by atoms with Crippen LogP contribution in [-0.2, 0) is 6.54 Å². The number of pyridine rings is 1. The Hall–Kier alpha value is -3.61. The topological polar surface area (TPSA) is 71.3 Å². The van der Waals surface area contributed by atoms with Crippen LogP contribution in [0, 0.1) is 6.92 Å². The molecular weight excluding hydrogens is 356 g/mol. The maximum absolute atomic E-state index is 5.52. The summed E-state index contributed by atoms with van der Waals surface area (Å²) in [6.07, 6.45) is 3.21. The molecular formula is C21H18N4O3. The average molecular weight is 374 g/mol. The number of benzene rings is 2. The van der Waals surface area contributed by atoms with Gasteiger partial charge in [-0.05, 0) is 42.8 Å². The van der Waals surface area contributed by atoms with Crippen molar-refractivity contribution in [1.29, 1.82) is 0 Å². The van der Waals surface area contributed by atoms with Crippen molar-refractivity contribution in [3.8, 4) is 28.5 Å². The van der Waals surface area contributed by atoms with Gasteiger partial charge in [-0.25, -0.2) is 14.6 Å². The van der Waals surface area contributed by atoms with Crippen LogP contribution in [0.5, 0.6) is 17.2 Å². The largest absolute Gasteiger partial charge is 0.496 e. The SMILES string of the molecule is COc1ccc(-c2cc(C)c3cc4c(cc3n2)OCO4)cc1Cn1cncn1. The quantitative estimate of drug-likeness (QED) is 0.544. The third-order valence-corrected chi connectivity index (χ3v) is 4.88. The van der Waals surface area contributed by atoms with Gasteiger partial charge in [-0.2, -0.15) is 5.10 Å². The van der Waals surface area contributed by atoms with Crippen LogP contribution in [0.4, 0.5) is 0 Å². The number of aromatic nitrogens is 4. The van der Waals surface area contributed by atoms with Crippen LogP contribution in [0.25, 0.3) is 22.2 Å². The molecule has 0 amide bonds. The van der Waals surface area contributed by atoms with Crippen LogP contribution in [0.2, 0.25) is 0 Å². The summed E-state index contributed by atoms with van der Waals surface area (Å²) in [5.41, 5.74) is 4.93. The van der Waals surface area contributed by atoms with Gasteiger partial charge in [0.1, 0.15) is 18.4 Å². The van der Waals surface area contributed by atoms with Crippen LogP contribution in [-0.4, -0.2) is 33.7 Å². The van der Waals surface area contributed by atoms with E-state index in [-0.39, 0.29) is 6.79 Å². The Morgan fingerprint density at radius 3 is 2.75 bits per heavy atom. The van der Waals surface area contributed by atoms with E-state index in [1.807, 2.05) is 24.3 Å². The second-order valence-electron chi connectivity index (χ2n) is 6.67. The molecule has 140 valence electrons. The van der Waals surface area contributed by atoms with Gasteiger partial charge in [-0.1, -0.05) is 0 Å². The number of aryl methyl sites for hydroxylation is 1. The molecule has 0 fully saturated rings. The molecule has 7 heteroatoms. The van der Waals surface area contributed by atoms with E-state index in [1.165, 1.54) is 6.33 Å². The molecule has 0 saturated carbocycles. The lowest BCUT2D eigenvalue weighted by atomic mass is 10.0. The summed E-state index contributed by atoms with van der Waals surface area (Å²) in [7, 11) is 1.67. The zero-order chi connectivity index (χ0) is 19.1. The van der Waals surface area contributed by atoms with Gasteiger partial charge in [-0.3, -0.25) is 0 Å². The van der Waals surface area contributed by atoms with Crippen molar-refractivity contribution in [2.45, 2.75) is 13.5 Å². The van der Waals surface area contributed by atoms with Crippen LogP contribution in [0.3, 0.4) is 0 Å². The number of hydrogen-bond donors (Lipinski definition) is 0. The molecule has 28 heavy (non-hydrogen) atoms. The summed E-state index contributed by atoms with van der Waals surface area (Å²) in [5.74, 6) is 2.31. The smallest absolute Gasteiger partial charge is 0.231 e. The number of rotatable bonds is 4. The molecule has 2 aromatic carbocycles. The predicted molar refractivity (Wildman–Crippen MR) is 104 cm³/mol. The molecule has 0 unspecified atom stereocenters. The van der Waals surface area contributed by atoms with Crippen molar-refractivity contribution >= 4 is 10.9 Å². The predicted octanol–water partition coefficient (Wildman–Crippen LogP) is 3.59. The fraction of sp³-hybridized carbons (Fsp3) is 0.190. The molecule has 0 bridgehead atoms. The molecule has 5 rings (SSSR count). The Balaban J connectivity index is 1.60. The molecule has 0 N–H and O–H groups in total. The highest BCUT2D eigenvalue weighted by Gasteiger charge is 2.17. The molecule has 1 aliphatic heterocycles. The van der Waals surface area contributed by atoms with Crippen molar-refractivity contribution in [1.82, 2.24) is 19.7 Å². The monoisotopic (exact) mass is 374 g/mol. The maximum atomic E-state index is 5.52. The van der Waals surface area contributed by atoms with Crippen molar-refractivity contribution in [3.05, 3.63) is 60.2 Å². The Bertz CT molecular complexity index is 1170. The number of methoxy groups -OCH3 is 1. The van der Waals surface area contributed by atoms with E-state index in [2.05, 4.69) is 29.1 Å². The zero-order valence-electron chi connectivity index (χ0n) is 15.5. The van der Waals surface area contributed by atoms with Gasteiger partial charge in [-0.15, -0.1) is 0 Å². The molecule has 2 aromatic heterocycles. The Kier molecular flexibility index (Phi) is 3.86. The van der Waals surface area contributed by atoms with E-state index in [0.717, 1.165) is 50.5 Å². The van der Waals surface area contributed by atoms with E-state index in [0.29, 0.717) is 6.54 Å². The molecule has 3 heterocycles. The molecule has 0 saturated heterocycles. The highest BCUT2D eigenvalue weighted by molar-refractivity contribution is 5.88. The summed E-state index contributed by atoms with van der Waals surface area (Å²) >= 11 is 0. The lowest BCUT2D eigenvalue weighted by Gasteiger charge is -2.12. The summed E-state index contributed by atoms with van der Waals surface area (Å²) in [4.78, 5) is 8.87. The number of fused-ring (bicyclic) bond motifs is 2. The first kappa shape index (κ1) is 16.6. The first-order chi connectivity index (χ1) is 13.7. The normalized spacial score (nSPS) is 12.5. The zero-order valence-corrected chi connectivity index (χ0v) is 15.5. The standard InChI is InChI=1S/C21H18N4O3/c1-13-5-17(24-18-8-21-20(7-16(13)18)27-12-28-21)14-3-4-19(26-2)15(6-14)9-25-11-22-10-23-25/h3-8,10-11H,9,12H2,1-2H3. The van der Waals surface area contributed by atoms with Gasteiger partial charge < -0.3 is 14.2 Å². The molecule has 0 spiro atoms. The molecule has 0 radical (unpaired) electrons. The molecule has 0 atom stereocenters. The van der Waals surface area contributed by atoms with Gasteiger partial charge in [0.05, 0.1) is 24.9 Å². The van der Waals surface area contributed by atoms with Crippen molar-refractivity contribution in [2.24, 2.45) is 0 Å². The Morgan fingerprint density at radius 1 is 1.11 bits per heavy atom. The Labute approximate surface area is 161 Å². The summed E-state index contributed by atoms with van der Waals surface area (Å²) in [6.45, 7) is 2.90.